The van der Waals surface area contributed by atoms with E-state index in [1.54, 1.807) is 0 Å². The van der Waals surface area contributed by atoms with Gasteiger partial charge >= 0.3 is 0 Å². The summed E-state index contributed by atoms with van der Waals surface area (Å²) in [6, 6.07) is 7.56. The molecule has 3 nitrogen and oxygen atoms in total. The summed E-state index contributed by atoms with van der Waals surface area (Å²) in [5.74, 6) is 0.817. The first-order valence-electron chi connectivity index (χ1n) is 6.26. The van der Waals surface area contributed by atoms with Crippen molar-refractivity contribution in [3.8, 4) is 5.75 Å². The van der Waals surface area contributed by atoms with Crippen molar-refractivity contribution in [2.24, 2.45) is 0 Å². The van der Waals surface area contributed by atoms with Crippen LogP contribution in [0.3, 0.4) is 0 Å². The second kappa shape index (κ2) is 8.09. The zero-order valence-corrected chi connectivity index (χ0v) is 10.7. The van der Waals surface area contributed by atoms with Gasteiger partial charge in [0.05, 0.1) is 12.7 Å². The van der Waals surface area contributed by atoms with Gasteiger partial charge in [0.1, 0.15) is 12.4 Å². The molecule has 0 unspecified atom stereocenters. The highest BCUT2D eigenvalue weighted by Crippen LogP contribution is 2.19. The summed E-state index contributed by atoms with van der Waals surface area (Å²) in [6.45, 7) is 6.01. The van der Waals surface area contributed by atoms with Crippen LogP contribution in [0, 0.1) is 0 Å². The summed E-state index contributed by atoms with van der Waals surface area (Å²) in [4.78, 5) is 0. The summed E-state index contributed by atoms with van der Waals surface area (Å²) in [6.07, 6.45) is 1.38. The van der Waals surface area contributed by atoms with Crippen LogP contribution in [0.5, 0.6) is 5.75 Å². The molecule has 1 aromatic rings. The molecule has 0 aliphatic carbocycles. The lowest BCUT2D eigenvalue weighted by molar-refractivity contribution is 0.101. The molecule has 0 radical (unpaired) electrons. The van der Waals surface area contributed by atoms with Gasteiger partial charge in [0.25, 0.3) is 0 Å². The van der Waals surface area contributed by atoms with E-state index in [1.807, 2.05) is 31.2 Å². The van der Waals surface area contributed by atoms with Gasteiger partial charge in [0, 0.05) is 6.61 Å². The fourth-order valence-electron chi connectivity index (χ4n) is 1.49. The van der Waals surface area contributed by atoms with E-state index in [-0.39, 0.29) is 6.10 Å². The molecule has 96 valence electrons. The smallest absolute Gasteiger partial charge is 0.119 e. The predicted molar refractivity (Wildman–Crippen MR) is 68.3 cm³/mol. The zero-order valence-electron chi connectivity index (χ0n) is 10.7. The van der Waals surface area contributed by atoms with E-state index in [9.17, 15) is 5.11 Å². The number of rotatable bonds is 8. The molecule has 0 fully saturated rings. The van der Waals surface area contributed by atoms with E-state index in [0.717, 1.165) is 30.8 Å². The Morgan fingerprint density at radius 2 is 1.76 bits per heavy atom. The van der Waals surface area contributed by atoms with Crippen LogP contribution in [-0.4, -0.2) is 24.9 Å². The number of hydrogen-bond acceptors (Lipinski definition) is 3. The molecular formula is C14H22O3. The Bertz CT molecular complexity index is 295. The lowest BCUT2D eigenvalue weighted by Gasteiger charge is -2.10. The van der Waals surface area contributed by atoms with Crippen LogP contribution in [-0.2, 0) is 4.74 Å². The number of ether oxygens (including phenoxy) is 2. The van der Waals surface area contributed by atoms with Crippen molar-refractivity contribution >= 4 is 0 Å². The lowest BCUT2D eigenvalue weighted by Crippen LogP contribution is -2.07. The number of aliphatic hydroxyl groups is 1. The molecule has 0 saturated carbocycles. The molecule has 0 heterocycles. The Morgan fingerprint density at radius 1 is 1.06 bits per heavy atom. The van der Waals surface area contributed by atoms with Gasteiger partial charge in [0.15, 0.2) is 0 Å². The SMILES string of the molecule is CCCOCCOc1ccc([C@@H](O)CC)cc1. The number of aliphatic hydroxyl groups excluding tert-OH is 1. The van der Waals surface area contributed by atoms with E-state index in [4.69, 9.17) is 9.47 Å². The molecule has 0 saturated heterocycles. The monoisotopic (exact) mass is 238 g/mol. The third-order valence-corrected chi connectivity index (χ3v) is 2.50. The summed E-state index contributed by atoms with van der Waals surface area (Å²) < 4.78 is 10.8. The van der Waals surface area contributed by atoms with Crippen LogP contribution < -0.4 is 4.74 Å². The minimum atomic E-state index is -0.378. The van der Waals surface area contributed by atoms with Gasteiger partial charge in [-0.15, -0.1) is 0 Å². The van der Waals surface area contributed by atoms with Crippen molar-refractivity contribution in [2.75, 3.05) is 19.8 Å². The van der Waals surface area contributed by atoms with Gasteiger partial charge in [-0.3, -0.25) is 0 Å². The second-order valence-electron chi connectivity index (χ2n) is 3.95. The third-order valence-electron chi connectivity index (χ3n) is 2.50. The topological polar surface area (TPSA) is 38.7 Å². The normalized spacial score (nSPS) is 12.4. The highest BCUT2D eigenvalue weighted by molar-refractivity contribution is 5.28. The van der Waals surface area contributed by atoms with Crippen molar-refractivity contribution in [1.29, 1.82) is 0 Å². The van der Waals surface area contributed by atoms with E-state index < -0.39 is 0 Å². The summed E-state index contributed by atoms with van der Waals surface area (Å²) in [5.41, 5.74) is 0.932. The summed E-state index contributed by atoms with van der Waals surface area (Å²) >= 11 is 0. The number of benzene rings is 1. The fraction of sp³-hybridized carbons (Fsp3) is 0.571. The first kappa shape index (κ1) is 14.0. The largest absolute Gasteiger partial charge is 0.491 e. The first-order chi connectivity index (χ1) is 8.27. The first-order valence-corrected chi connectivity index (χ1v) is 6.26. The molecule has 0 aromatic heterocycles. The predicted octanol–water partition coefficient (Wildman–Crippen LogP) is 2.94. The Kier molecular flexibility index (Phi) is 6.67. The molecule has 1 rings (SSSR count). The third kappa shape index (κ3) is 5.20. The molecule has 1 atom stereocenters. The fourth-order valence-corrected chi connectivity index (χ4v) is 1.49. The highest BCUT2D eigenvalue weighted by Gasteiger charge is 2.04. The quantitative estimate of drug-likeness (QED) is 0.708. The minimum absolute atomic E-state index is 0.378. The summed E-state index contributed by atoms with van der Waals surface area (Å²) in [5, 5.41) is 9.63. The van der Waals surface area contributed by atoms with Crippen LogP contribution in [0.1, 0.15) is 38.4 Å². The van der Waals surface area contributed by atoms with Crippen LogP contribution >= 0.6 is 0 Å². The molecule has 1 N–H and O–H groups in total. The Labute approximate surface area is 103 Å². The van der Waals surface area contributed by atoms with Crippen LogP contribution in [0.2, 0.25) is 0 Å². The number of hydrogen-bond donors (Lipinski definition) is 1. The maximum atomic E-state index is 9.63. The van der Waals surface area contributed by atoms with Crippen molar-refractivity contribution in [3.05, 3.63) is 29.8 Å². The van der Waals surface area contributed by atoms with Gasteiger partial charge < -0.3 is 14.6 Å². The van der Waals surface area contributed by atoms with Crippen LogP contribution in [0.4, 0.5) is 0 Å². The molecule has 0 aliphatic heterocycles. The molecule has 0 spiro atoms. The van der Waals surface area contributed by atoms with Crippen molar-refractivity contribution in [3.63, 3.8) is 0 Å². The van der Waals surface area contributed by atoms with Crippen molar-refractivity contribution in [1.82, 2.24) is 0 Å². The van der Waals surface area contributed by atoms with E-state index in [2.05, 4.69) is 6.92 Å². The maximum Gasteiger partial charge on any atom is 0.119 e. The van der Waals surface area contributed by atoms with E-state index in [0.29, 0.717) is 13.2 Å². The highest BCUT2D eigenvalue weighted by atomic mass is 16.5. The van der Waals surface area contributed by atoms with Crippen LogP contribution in [0.25, 0.3) is 0 Å². The Morgan fingerprint density at radius 3 is 2.35 bits per heavy atom. The van der Waals surface area contributed by atoms with E-state index in [1.165, 1.54) is 0 Å². The molecular weight excluding hydrogens is 216 g/mol. The Hall–Kier alpha value is -1.06. The van der Waals surface area contributed by atoms with Gasteiger partial charge in [-0.05, 0) is 30.5 Å². The van der Waals surface area contributed by atoms with E-state index >= 15 is 0 Å². The van der Waals surface area contributed by atoms with Crippen molar-refractivity contribution < 1.29 is 14.6 Å². The molecule has 3 heteroatoms. The average Bonchev–Trinajstić information content (AvgIpc) is 2.38. The van der Waals surface area contributed by atoms with Gasteiger partial charge in [0.2, 0.25) is 0 Å². The molecule has 1 aromatic carbocycles. The van der Waals surface area contributed by atoms with Gasteiger partial charge in [-0.25, -0.2) is 0 Å². The molecule has 17 heavy (non-hydrogen) atoms. The van der Waals surface area contributed by atoms with Crippen molar-refractivity contribution in [2.45, 2.75) is 32.8 Å². The van der Waals surface area contributed by atoms with Gasteiger partial charge in [-0.2, -0.15) is 0 Å². The molecule has 0 amide bonds. The standard InChI is InChI=1S/C14H22O3/c1-3-9-16-10-11-17-13-7-5-12(6-8-13)14(15)4-2/h5-8,14-15H,3-4,9-11H2,1-2H3/t14-/m0/s1. The Balaban J connectivity index is 2.30. The zero-order chi connectivity index (χ0) is 12.5. The second-order valence-corrected chi connectivity index (χ2v) is 3.95. The summed E-state index contributed by atoms with van der Waals surface area (Å²) in [7, 11) is 0. The maximum absolute atomic E-state index is 9.63. The average molecular weight is 238 g/mol. The van der Waals surface area contributed by atoms with Gasteiger partial charge in [-0.1, -0.05) is 26.0 Å². The molecule has 0 bridgehead atoms. The van der Waals surface area contributed by atoms with Crippen LogP contribution in [0.15, 0.2) is 24.3 Å². The minimum Gasteiger partial charge on any atom is -0.491 e. The lowest BCUT2D eigenvalue weighted by atomic mass is 10.1. The molecule has 0 aliphatic rings.